The van der Waals surface area contributed by atoms with Gasteiger partial charge in [-0.25, -0.2) is 0 Å². The van der Waals surface area contributed by atoms with Crippen molar-refractivity contribution in [1.29, 1.82) is 0 Å². The SMILES string of the molecule is c1ccc2c(C3=C4C(=C(c5ccc6[nH]c7ccccc7c6c5)c5ccc6ccccc6c54)c4c3ccc3ccccc43)cccc2c1. The zero-order valence-electron chi connectivity index (χ0n) is 25.5. The number of benzene rings is 8. The smallest absolute Gasteiger partial charge is 0.0465 e. The lowest BCUT2D eigenvalue weighted by Gasteiger charge is -2.16. The third-order valence-corrected chi connectivity index (χ3v) is 10.5. The monoisotopic (exact) mass is 593 g/mol. The van der Waals surface area contributed by atoms with Crippen molar-refractivity contribution in [3.63, 3.8) is 0 Å². The van der Waals surface area contributed by atoms with Gasteiger partial charge in [0.25, 0.3) is 0 Å². The molecule has 0 atom stereocenters. The highest BCUT2D eigenvalue weighted by molar-refractivity contribution is 6.40. The van der Waals surface area contributed by atoms with E-state index in [1.54, 1.807) is 0 Å². The van der Waals surface area contributed by atoms with Crippen LogP contribution in [-0.4, -0.2) is 4.98 Å². The van der Waals surface area contributed by atoms with E-state index >= 15 is 0 Å². The Labute approximate surface area is 271 Å². The van der Waals surface area contributed by atoms with Crippen LogP contribution >= 0.6 is 0 Å². The highest BCUT2D eigenvalue weighted by atomic mass is 14.7. The summed E-state index contributed by atoms with van der Waals surface area (Å²) in [7, 11) is 0. The third-order valence-electron chi connectivity index (χ3n) is 10.5. The highest BCUT2D eigenvalue weighted by Crippen LogP contribution is 2.61. The summed E-state index contributed by atoms with van der Waals surface area (Å²) in [6, 6.07) is 58.4. The maximum absolute atomic E-state index is 3.65. The van der Waals surface area contributed by atoms with E-state index in [2.05, 4.69) is 163 Å². The fourth-order valence-electron chi connectivity index (χ4n) is 8.54. The normalized spacial score (nSPS) is 13.8. The van der Waals surface area contributed by atoms with Gasteiger partial charge in [-0.2, -0.15) is 0 Å². The molecule has 1 N–H and O–H groups in total. The second-order valence-corrected chi connectivity index (χ2v) is 12.9. The van der Waals surface area contributed by atoms with Gasteiger partial charge in [0.1, 0.15) is 0 Å². The number of hydrogen-bond acceptors (Lipinski definition) is 0. The lowest BCUT2D eigenvalue weighted by atomic mass is 9.87. The lowest BCUT2D eigenvalue weighted by molar-refractivity contribution is 1.53. The van der Waals surface area contributed by atoms with Crippen LogP contribution in [0.1, 0.15) is 33.4 Å². The van der Waals surface area contributed by atoms with Crippen LogP contribution in [0.4, 0.5) is 0 Å². The molecule has 0 amide bonds. The predicted molar refractivity (Wildman–Crippen MR) is 199 cm³/mol. The molecular formula is C46H27N. The number of para-hydroxylation sites is 1. The van der Waals surface area contributed by atoms with E-state index in [1.807, 2.05) is 0 Å². The second kappa shape index (κ2) is 9.19. The van der Waals surface area contributed by atoms with Crippen LogP contribution in [0.5, 0.6) is 0 Å². The molecule has 8 aromatic carbocycles. The summed E-state index contributed by atoms with van der Waals surface area (Å²) in [5.41, 5.74) is 15.5. The minimum atomic E-state index is 1.17. The zero-order valence-corrected chi connectivity index (χ0v) is 25.5. The van der Waals surface area contributed by atoms with Gasteiger partial charge in [-0.05, 0) is 106 Å². The maximum Gasteiger partial charge on any atom is 0.0465 e. The average Bonchev–Trinajstić information content (AvgIpc) is 3.78. The van der Waals surface area contributed by atoms with Crippen molar-refractivity contribution in [3.8, 4) is 0 Å². The maximum atomic E-state index is 3.65. The van der Waals surface area contributed by atoms with Crippen LogP contribution in [0.3, 0.4) is 0 Å². The fraction of sp³-hybridized carbons (Fsp3) is 0. The van der Waals surface area contributed by atoms with Gasteiger partial charge >= 0.3 is 0 Å². The number of aromatic amines is 1. The van der Waals surface area contributed by atoms with Gasteiger partial charge in [0.05, 0.1) is 0 Å². The summed E-state index contributed by atoms with van der Waals surface area (Å²) >= 11 is 0. The van der Waals surface area contributed by atoms with Crippen molar-refractivity contribution < 1.29 is 0 Å². The Bertz CT molecular complexity index is 2890. The first-order valence-corrected chi connectivity index (χ1v) is 16.4. The molecule has 1 heterocycles. The standard InChI is InChI=1S/C46H27N/c1-4-14-31-27(10-1)13-9-18-35(31)44-37-24-21-29-12-3-6-16-33(29)43(37)45-41(36-23-20-28-11-2-5-15-32(28)42(36)46(44)45)30-22-25-40-38(26-30)34-17-7-8-19-39(34)47-40/h1-26,47H. The molecule has 216 valence electrons. The number of allylic oxidation sites excluding steroid dienone is 2. The lowest BCUT2D eigenvalue weighted by Crippen LogP contribution is -1.95. The molecule has 0 fully saturated rings. The highest BCUT2D eigenvalue weighted by Gasteiger charge is 2.39. The molecule has 0 spiro atoms. The number of hydrogen-bond donors (Lipinski definition) is 1. The van der Waals surface area contributed by atoms with Gasteiger partial charge in [0.2, 0.25) is 0 Å². The molecule has 0 aliphatic heterocycles. The molecule has 0 radical (unpaired) electrons. The molecule has 0 saturated carbocycles. The van der Waals surface area contributed by atoms with Crippen LogP contribution in [0.15, 0.2) is 158 Å². The largest absolute Gasteiger partial charge is 0.355 e. The van der Waals surface area contributed by atoms with Crippen LogP contribution in [-0.2, 0) is 0 Å². The summed E-state index contributed by atoms with van der Waals surface area (Å²) in [4.78, 5) is 3.65. The molecule has 9 aromatic rings. The molecule has 2 aliphatic rings. The summed E-state index contributed by atoms with van der Waals surface area (Å²) in [5.74, 6) is 0. The summed E-state index contributed by atoms with van der Waals surface area (Å²) in [5, 5.41) is 10.2. The second-order valence-electron chi connectivity index (χ2n) is 12.9. The molecule has 0 bridgehead atoms. The van der Waals surface area contributed by atoms with Crippen LogP contribution in [0.2, 0.25) is 0 Å². The Morgan fingerprint density at radius 1 is 0.298 bits per heavy atom. The van der Waals surface area contributed by atoms with Gasteiger partial charge in [-0.15, -0.1) is 0 Å². The van der Waals surface area contributed by atoms with Gasteiger partial charge in [-0.1, -0.05) is 140 Å². The van der Waals surface area contributed by atoms with Crippen LogP contribution in [0, 0.1) is 0 Å². The zero-order chi connectivity index (χ0) is 30.6. The Hall–Kier alpha value is -6.18. The van der Waals surface area contributed by atoms with Gasteiger partial charge in [-0.3, -0.25) is 0 Å². The average molecular weight is 594 g/mol. The Morgan fingerprint density at radius 3 is 1.55 bits per heavy atom. The number of H-pyrrole nitrogens is 1. The Balaban J connectivity index is 1.36. The molecule has 1 nitrogen and oxygen atoms in total. The molecule has 1 heteroatoms. The molecule has 1 aromatic heterocycles. The minimum absolute atomic E-state index is 1.17. The fourth-order valence-corrected chi connectivity index (χ4v) is 8.54. The van der Waals surface area contributed by atoms with Crippen LogP contribution in [0.25, 0.3) is 76.4 Å². The van der Waals surface area contributed by atoms with E-state index < -0.39 is 0 Å². The molecule has 0 saturated heterocycles. The van der Waals surface area contributed by atoms with Gasteiger partial charge in [0.15, 0.2) is 0 Å². The first-order chi connectivity index (χ1) is 23.3. The van der Waals surface area contributed by atoms with E-state index in [0.29, 0.717) is 0 Å². The van der Waals surface area contributed by atoms with E-state index in [4.69, 9.17) is 0 Å². The van der Waals surface area contributed by atoms with E-state index in [0.717, 1.165) is 0 Å². The minimum Gasteiger partial charge on any atom is -0.355 e. The predicted octanol–water partition coefficient (Wildman–Crippen LogP) is 12.0. The number of rotatable bonds is 2. The first kappa shape index (κ1) is 25.1. The van der Waals surface area contributed by atoms with Crippen molar-refractivity contribution in [2.45, 2.75) is 0 Å². The number of fused-ring (bicyclic) bond motifs is 13. The van der Waals surface area contributed by atoms with Crippen molar-refractivity contribution in [1.82, 2.24) is 4.98 Å². The van der Waals surface area contributed by atoms with Gasteiger partial charge < -0.3 is 4.98 Å². The molecule has 0 unspecified atom stereocenters. The summed E-state index contributed by atoms with van der Waals surface area (Å²) in [6.07, 6.45) is 0. The van der Waals surface area contributed by atoms with Gasteiger partial charge in [0, 0.05) is 21.8 Å². The summed E-state index contributed by atoms with van der Waals surface area (Å²) < 4.78 is 0. The third kappa shape index (κ3) is 3.33. The quantitative estimate of drug-likeness (QED) is 0.205. The molecule has 2 aliphatic carbocycles. The topological polar surface area (TPSA) is 15.8 Å². The van der Waals surface area contributed by atoms with E-state index in [9.17, 15) is 0 Å². The molecule has 47 heavy (non-hydrogen) atoms. The summed E-state index contributed by atoms with van der Waals surface area (Å²) in [6.45, 7) is 0. The Morgan fingerprint density at radius 2 is 0.830 bits per heavy atom. The van der Waals surface area contributed by atoms with E-state index in [1.165, 1.54) is 110 Å². The molecule has 11 rings (SSSR count). The van der Waals surface area contributed by atoms with Crippen molar-refractivity contribution in [2.24, 2.45) is 0 Å². The number of nitrogens with one attached hydrogen (secondary N) is 1. The van der Waals surface area contributed by atoms with Crippen molar-refractivity contribution >= 4 is 76.4 Å². The van der Waals surface area contributed by atoms with Crippen molar-refractivity contribution in [3.05, 3.63) is 191 Å². The van der Waals surface area contributed by atoms with Crippen LogP contribution < -0.4 is 0 Å². The molecular weight excluding hydrogens is 567 g/mol. The first-order valence-electron chi connectivity index (χ1n) is 16.4. The van der Waals surface area contributed by atoms with E-state index in [-0.39, 0.29) is 0 Å². The number of aromatic nitrogens is 1. The van der Waals surface area contributed by atoms with Crippen molar-refractivity contribution in [2.75, 3.05) is 0 Å². The Kier molecular flexibility index (Phi) is 4.90.